The van der Waals surface area contributed by atoms with Crippen molar-refractivity contribution in [3.63, 3.8) is 0 Å². The van der Waals surface area contributed by atoms with Crippen molar-refractivity contribution in [3.05, 3.63) is 64.3 Å². The van der Waals surface area contributed by atoms with Crippen molar-refractivity contribution in [3.8, 4) is 23.0 Å². The molecule has 0 aliphatic carbocycles. The van der Waals surface area contributed by atoms with Crippen LogP contribution < -0.4 is 5.73 Å². The number of anilines is 1. The Kier molecular flexibility index (Phi) is 4.75. The number of hydrogen-bond donors (Lipinski definition) is 3. The number of carbonyl (C=O) groups excluding carboxylic acids is 1. The number of amides is 1. The molecule has 15 heteroatoms. The summed E-state index contributed by atoms with van der Waals surface area (Å²) < 4.78 is 5.65. The number of carbonyl (C=O) groups is 1. The van der Waals surface area contributed by atoms with E-state index in [0.29, 0.717) is 10.9 Å². The zero-order valence-corrected chi connectivity index (χ0v) is 16.9. The van der Waals surface area contributed by atoms with E-state index < -0.39 is 10.8 Å². The zero-order valence-electron chi connectivity index (χ0n) is 16.9. The maximum absolute atomic E-state index is 13.0. The fourth-order valence-electron chi connectivity index (χ4n) is 3.29. The first-order chi connectivity index (χ1) is 16.4. The molecule has 3 heterocycles. The second-order valence-electron chi connectivity index (χ2n) is 6.85. The van der Waals surface area contributed by atoms with E-state index in [1.807, 2.05) is 0 Å². The number of non-ortho nitro benzene ring substituents is 1. The third-order valence-corrected chi connectivity index (χ3v) is 4.80. The number of nitro groups is 1. The molecule has 0 atom stereocenters. The first-order valence-electron chi connectivity index (χ1n) is 9.48. The minimum absolute atomic E-state index is 0.00167. The molecule has 0 unspecified atom stereocenters. The van der Waals surface area contributed by atoms with Crippen LogP contribution in [0.5, 0.6) is 5.88 Å². The number of nitrogen functional groups attached to an aromatic ring is 1. The highest BCUT2D eigenvalue weighted by Gasteiger charge is 2.26. The molecule has 15 nitrogen and oxygen atoms in total. The van der Waals surface area contributed by atoms with E-state index in [2.05, 4.69) is 40.5 Å². The van der Waals surface area contributed by atoms with Crippen LogP contribution in [0.15, 0.2) is 63.4 Å². The van der Waals surface area contributed by atoms with Crippen molar-refractivity contribution in [1.82, 2.24) is 30.3 Å². The van der Waals surface area contributed by atoms with Crippen molar-refractivity contribution >= 4 is 34.0 Å². The van der Waals surface area contributed by atoms with Crippen LogP contribution in [0.3, 0.4) is 0 Å². The molecule has 5 aromatic rings. The van der Waals surface area contributed by atoms with Crippen molar-refractivity contribution in [2.45, 2.75) is 0 Å². The van der Waals surface area contributed by atoms with E-state index in [1.54, 1.807) is 24.3 Å². The number of aromatic nitrogens is 6. The number of nitrogens with two attached hydrogens (primary N) is 1. The maximum atomic E-state index is 13.0. The van der Waals surface area contributed by atoms with E-state index in [-0.39, 0.29) is 45.8 Å². The van der Waals surface area contributed by atoms with E-state index in [0.717, 1.165) is 4.68 Å². The van der Waals surface area contributed by atoms with Crippen molar-refractivity contribution in [2.24, 2.45) is 10.2 Å². The average molecular weight is 460 g/mol. The number of hydrogen-bond acceptors (Lipinski definition) is 11. The van der Waals surface area contributed by atoms with Crippen molar-refractivity contribution in [1.29, 1.82) is 0 Å². The fourth-order valence-corrected chi connectivity index (χ4v) is 3.29. The maximum Gasteiger partial charge on any atom is 0.318 e. The van der Waals surface area contributed by atoms with Gasteiger partial charge in [0.2, 0.25) is 17.5 Å². The lowest BCUT2D eigenvalue weighted by molar-refractivity contribution is -0.384. The molecule has 2 aromatic carbocycles. The predicted octanol–water partition coefficient (Wildman–Crippen LogP) is 2.92. The first kappa shape index (κ1) is 20.4. The summed E-state index contributed by atoms with van der Waals surface area (Å²) in [5.41, 5.74) is 6.07. The molecule has 5 rings (SSSR count). The molecule has 0 saturated heterocycles. The number of nitrogens with zero attached hydrogens (tertiary/aromatic N) is 8. The average Bonchev–Trinajstić information content (AvgIpc) is 3.53. The van der Waals surface area contributed by atoms with Crippen LogP contribution in [0.2, 0.25) is 0 Å². The second kappa shape index (κ2) is 7.90. The molecule has 0 saturated carbocycles. The molecule has 0 aliphatic rings. The molecule has 0 radical (unpaired) electrons. The third-order valence-electron chi connectivity index (χ3n) is 4.80. The van der Waals surface area contributed by atoms with Crippen molar-refractivity contribution in [2.75, 3.05) is 5.73 Å². The largest absolute Gasteiger partial charge is 0.493 e. The monoisotopic (exact) mass is 460 g/mol. The number of nitro benzene ring substituents is 1. The lowest BCUT2D eigenvalue weighted by Crippen LogP contribution is -2.05. The number of benzene rings is 2. The summed E-state index contributed by atoms with van der Waals surface area (Å²) in [7, 11) is 0. The highest BCUT2D eigenvalue weighted by atomic mass is 16.6. The molecular weight excluding hydrogens is 448 g/mol. The Morgan fingerprint density at radius 2 is 2.03 bits per heavy atom. The standard InChI is InChI=1S/C19H12N10O5/c20-16-17(26-34-25-16)28-15(9-4-3-5-10(8-9)29(32)33)14(23-27-28)19(31)24-22-13-11-6-1-2-7-12(11)21-18(13)30/h1-8,21,30H,(H2,20,25). The summed E-state index contributed by atoms with van der Waals surface area (Å²) >= 11 is 0. The van der Waals surface area contributed by atoms with Crippen LogP contribution >= 0.6 is 0 Å². The molecule has 0 fully saturated rings. The summed E-state index contributed by atoms with van der Waals surface area (Å²) in [6, 6.07) is 12.3. The third kappa shape index (κ3) is 3.38. The number of aromatic hydroxyl groups is 1. The molecule has 1 amide bonds. The smallest absolute Gasteiger partial charge is 0.318 e. The van der Waals surface area contributed by atoms with E-state index >= 15 is 0 Å². The molecular formula is C19H12N10O5. The van der Waals surface area contributed by atoms with Crippen molar-refractivity contribution < 1.29 is 19.5 Å². The number of aromatic amines is 1. The number of para-hydroxylation sites is 1. The van der Waals surface area contributed by atoms with Gasteiger partial charge in [0, 0.05) is 23.1 Å². The van der Waals surface area contributed by atoms with Gasteiger partial charge in [0.05, 0.1) is 10.4 Å². The van der Waals surface area contributed by atoms with Gasteiger partial charge in [-0.15, -0.1) is 15.3 Å². The van der Waals surface area contributed by atoms with Gasteiger partial charge in [-0.2, -0.15) is 4.68 Å². The number of nitrogens with one attached hydrogen (secondary N) is 1. The Hall–Kier alpha value is -5.47. The van der Waals surface area contributed by atoms with Crippen LogP contribution in [0.1, 0.15) is 10.5 Å². The minimum atomic E-state index is -0.938. The lowest BCUT2D eigenvalue weighted by atomic mass is 10.1. The van der Waals surface area contributed by atoms with Gasteiger partial charge in [0.1, 0.15) is 5.69 Å². The van der Waals surface area contributed by atoms with Crippen LogP contribution in [0.4, 0.5) is 17.2 Å². The Morgan fingerprint density at radius 1 is 1.21 bits per heavy atom. The number of fused-ring (bicyclic) bond motifs is 1. The van der Waals surface area contributed by atoms with Gasteiger partial charge in [0.15, 0.2) is 11.4 Å². The summed E-state index contributed by atoms with van der Waals surface area (Å²) in [6.45, 7) is 0. The first-order valence-corrected chi connectivity index (χ1v) is 9.48. The molecule has 4 N–H and O–H groups in total. The summed E-state index contributed by atoms with van der Waals surface area (Å²) in [5, 5.41) is 44.4. The van der Waals surface area contributed by atoms with Gasteiger partial charge < -0.3 is 15.8 Å². The molecule has 0 spiro atoms. The van der Waals surface area contributed by atoms with Gasteiger partial charge in [0.25, 0.3) is 5.69 Å². The predicted molar refractivity (Wildman–Crippen MR) is 115 cm³/mol. The van der Waals surface area contributed by atoms with E-state index in [1.165, 1.54) is 24.3 Å². The van der Waals surface area contributed by atoms with E-state index in [4.69, 9.17) is 5.73 Å². The molecule has 3 aromatic heterocycles. The number of azo groups is 1. The number of rotatable bonds is 5. The summed E-state index contributed by atoms with van der Waals surface area (Å²) in [6.07, 6.45) is 0. The second-order valence-corrected chi connectivity index (χ2v) is 6.85. The van der Waals surface area contributed by atoms with Gasteiger partial charge >= 0.3 is 5.91 Å². The summed E-state index contributed by atoms with van der Waals surface area (Å²) in [5.74, 6) is -1.45. The SMILES string of the molecule is Nc1nonc1-n1nnc(C(=O)N=Nc2c(O)[nH]c3ccccc23)c1-c1cccc([N+](=O)[O-])c1. The van der Waals surface area contributed by atoms with Crippen LogP contribution in [0.25, 0.3) is 28.0 Å². The zero-order chi connectivity index (χ0) is 23.8. The molecule has 0 aliphatic heterocycles. The van der Waals surface area contributed by atoms with Crippen LogP contribution in [-0.4, -0.2) is 46.2 Å². The molecule has 34 heavy (non-hydrogen) atoms. The Balaban J connectivity index is 1.62. The topological polar surface area (TPSA) is 217 Å². The quantitative estimate of drug-likeness (QED) is 0.198. The van der Waals surface area contributed by atoms with Gasteiger partial charge in [-0.05, 0) is 16.4 Å². The molecule has 0 bridgehead atoms. The van der Waals surface area contributed by atoms with Gasteiger partial charge in [-0.1, -0.05) is 35.5 Å². The Labute approximate surface area is 187 Å². The summed E-state index contributed by atoms with van der Waals surface area (Å²) in [4.78, 5) is 26.4. The Bertz CT molecular complexity index is 1600. The number of H-pyrrole nitrogens is 1. The van der Waals surface area contributed by atoms with Gasteiger partial charge in [-0.3, -0.25) is 14.9 Å². The highest BCUT2D eigenvalue weighted by molar-refractivity contribution is 6.00. The molecule has 168 valence electrons. The van der Waals surface area contributed by atoms with E-state index in [9.17, 15) is 20.0 Å². The highest BCUT2D eigenvalue weighted by Crippen LogP contribution is 2.35. The Morgan fingerprint density at radius 3 is 2.79 bits per heavy atom. The van der Waals surface area contributed by atoms with Gasteiger partial charge in [-0.25, -0.2) is 4.63 Å². The minimum Gasteiger partial charge on any atom is -0.493 e. The fraction of sp³-hybridized carbons (Fsp3) is 0. The normalized spacial score (nSPS) is 11.4. The van der Waals surface area contributed by atoms with Crippen LogP contribution in [-0.2, 0) is 0 Å². The lowest BCUT2D eigenvalue weighted by Gasteiger charge is -2.04. The van der Waals surface area contributed by atoms with Crippen LogP contribution in [0, 0.1) is 10.1 Å².